The van der Waals surface area contributed by atoms with Crippen molar-refractivity contribution < 1.29 is 22.6 Å². The van der Waals surface area contributed by atoms with Gasteiger partial charge in [-0.25, -0.2) is 0 Å². The lowest BCUT2D eigenvalue weighted by molar-refractivity contribution is -0.137. The molecule has 1 saturated heterocycles. The zero-order chi connectivity index (χ0) is 21.0. The molecular weight excluding hydrogens is 405 g/mol. The van der Waals surface area contributed by atoms with Gasteiger partial charge in [0.05, 0.1) is 24.8 Å². The molecule has 0 bridgehead atoms. The van der Waals surface area contributed by atoms with E-state index in [4.69, 9.17) is 21.1 Å². The number of piperidine rings is 1. The first-order valence-electron chi connectivity index (χ1n) is 9.40. The highest BCUT2D eigenvalue weighted by atomic mass is 35.5. The molecule has 1 fully saturated rings. The normalized spacial score (nSPS) is 19.7. The molecule has 0 amide bonds. The number of alkyl halides is 3. The lowest BCUT2D eigenvalue weighted by Gasteiger charge is -2.32. The minimum Gasteiger partial charge on any atom is -0.493 e. The number of hydrogen-bond donors (Lipinski definition) is 2. The molecule has 3 rings (SSSR count). The Morgan fingerprint density at radius 2 is 1.83 bits per heavy atom. The van der Waals surface area contributed by atoms with Crippen LogP contribution >= 0.6 is 11.6 Å². The van der Waals surface area contributed by atoms with Gasteiger partial charge in [-0.05, 0) is 55.2 Å². The van der Waals surface area contributed by atoms with Gasteiger partial charge in [0.2, 0.25) is 0 Å². The summed E-state index contributed by atoms with van der Waals surface area (Å²) in [5, 5.41) is 6.38. The maximum atomic E-state index is 13.0. The van der Waals surface area contributed by atoms with Gasteiger partial charge in [-0.15, -0.1) is 0 Å². The number of anilines is 1. The van der Waals surface area contributed by atoms with E-state index in [0.29, 0.717) is 23.7 Å². The summed E-state index contributed by atoms with van der Waals surface area (Å²) < 4.78 is 49.8. The second kappa shape index (κ2) is 9.13. The summed E-state index contributed by atoms with van der Waals surface area (Å²) >= 11 is 5.68. The van der Waals surface area contributed by atoms with E-state index in [1.165, 1.54) is 6.07 Å². The van der Waals surface area contributed by atoms with Crippen molar-refractivity contribution in [3.8, 4) is 11.5 Å². The molecule has 1 aliphatic heterocycles. The Hall–Kier alpha value is -2.12. The van der Waals surface area contributed by atoms with Gasteiger partial charge in [-0.1, -0.05) is 17.7 Å². The number of halogens is 4. The Morgan fingerprint density at radius 1 is 1.07 bits per heavy atom. The molecule has 2 N–H and O–H groups in total. The number of hydrogen-bond acceptors (Lipinski definition) is 4. The predicted molar refractivity (Wildman–Crippen MR) is 108 cm³/mol. The summed E-state index contributed by atoms with van der Waals surface area (Å²) in [6, 6.07) is 10.0. The van der Waals surface area contributed by atoms with E-state index in [2.05, 4.69) is 10.6 Å². The number of ether oxygens (including phenoxy) is 2. The van der Waals surface area contributed by atoms with E-state index in [1.54, 1.807) is 20.3 Å². The van der Waals surface area contributed by atoms with Crippen molar-refractivity contribution in [3.63, 3.8) is 0 Å². The van der Waals surface area contributed by atoms with Gasteiger partial charge in [-0.3, -0.25) is 0 Å². The third-order valence-corrected chi connectivity index (χ3v) is 5.45. The monoisotopic (exact) mass is 428 g/mol. The van der Waals surface area contributed by atoms with Crippen LogP contribution in [0.5, 0.6) is 11.5 Å². The van der Waals surface area contributed by atoms with Crippen molar-refractivity contribution in [2.45, 2.75) is 37.5 Å². The SMILES string of the molecule is COc1ccc([C@H]2CCCC(CNc3ccc(Cl)c(C(F)(F)F)c3)N2)cc1OC. The van der Waals surface area contributed by atoms with Crippen LogP contribution < -0.4 is 20.1 Å². The maximum Gasteiger partial charge on any atom is 0.417 e. The highest BCUT2D eigenvalue weighted by molar-refractivity contribution is 6.31. The van der Waals surface area contributed by atoms with Crippen LogP contribution in [0.15, 0.2) is 36.4 Å². The average Bonchev–Trinajstić information content (AvgIpc) is 2.72. The second-order valence-corrected chi connectivity index (χ2v) is 7.44. The smallest absolute Gasteiger partial charge is 0.417 e. The van der Waals surface area contributed by atoms with Gasteiger partial charge in [0.1, 0.15) is 0 Å². The highest BCUT2D eigenvalue weighted by Crippen LogP contribution is 2.36. The summed E-state index contributed by atoms with van der Waals surface area (Å²) in [7, 11) is 3.20. The molecular formula is C21H24ClF3N2O2. The fraction of sp³-hybridized carbons (Fsp3) is 0.429. The van der Waals surface area contributed by atoms with E-state index < -0.39 is 11.7 Å². The Kier molecular flexibility index (Phi) is 6.80. The van der Waals surface area contributed by atoms with E-state index in [9.17, 15) is 13.2 Å². The molecule has 8 heteroatoms. The van der Waals surface area contributed by atoms with E-state index in [0.717, 1.165) is 30.9 Å². The fourth-order valence-corrected chi connectivity index (χ4v) is 3.83. The average molecular weight is 429 g/mol. The molecule has 1 aliphatic rings. The molecule has 2 atom stereocenters. The third-order valence-electron chi connectivity index (χ3n) is 5.12. The summed E-state index contributed by atoms with van der Waals surface area (Å²) in [6.07, 6.45) is -1.54. The second-order valence-electron chi connectivity index (χ2n) is 7.03. The van der Waals surface area contributed by atoms with Crippen molar-refractivity contribution in [1.82, 2.24) is 5.32 Å². The lowest BCUT2D eigenvalue weighted by atomic mass is 9.93. The molecule has 0 aromatic heterocycles. The molecule has 0 spiro atoms. The van der Waals surface area contributed by atoms with Crippen molar-refractivity contribution in [1.29, 1.82) is 0 Å². The molecule has 1 unspecified atom stereocenters. The van der Waals surface area contributed by atoms with Crippen LogP contribution in [0.25, 0.3) is 0 Å². The zero-order valence-electron chi connectivity index (χ0n) is 16.3. The molecule has 29 heavy (non-hydrogen) atoms. The van der Waals surface area contributed by atoms with E-state index >= 15 is 0 Å². The first-order valence-corrected chi connectivity index (χ1v) is 9.78. The number of benzene rings is 2. The molecule has 0 saturated carbocycles. The van der Waals surface area contributed by atoms with Crippen molar-refractivity contribution in [3.05, 3.63) is 52.5 Å². The Balaban J connectivity index is 1.65. The Labute approximate surface area is 173 Å². The zero-order valence-corrected chi connectivity index (χ0v) is 17.0. The van der Waals surface area contributed by atoms with Crippen LogP contribution in [0.4, 0.5) is 18.9 Å². The number of nitrogens with one attached hydrogen (secondary N) is 2. The fourth-order valence-electron chi connectivity index (χ4n) is 3.61. The van der Waals surface area contributed by atoms with Crippen LogP contribution in [0.2, 0.25) is 5.02 Å². The first kappa shape index (κ1) is 21.6. The van der Waals surface area contributed by atoms with Crippen molar-refractivity contribution >= 4 is 17.3 Å². The maximum absolute atomic E-state index is 13.0. The van der Waals surface area contributed by atoms with Crippen LogP contribution in [-0.2, 0) is 6.18 Å². The van der Waals surface area contributed by atoms with Crippen LogP contribution in [0.3, 0.4) is 0 Å². The minimum absolute atomic E-state index is 0.131. The molecule has 4 nitrogen and oxygen atoms in total. The van der Waals surface area contributed by atoms with Crippen molar-refractivity contribution in [2.24, 2.45) is 0 Å². The summed E-state index contributed by atoms with van der Waals surface area (Å²) in [6.45, 7) is 0.517. The van der Waals surface area contributed by atoms with E-state index in [-0.39, 0.29) is 17.1 Å². The van der Waals surface area contributed by atoms with E-state index in [1.807, 2.05) is 18.2 Å². The number of rotatable bonds is 6. The topological polar surface area (TPSA) is 42.5 Å². The first-order chi connectivity index (χ1) is 13.8. The predicted octanol–water partition coefficient (Wildman–Crippen LogP) is 5.67. The molecule has 2 aromatic carbocycles. The molecule has 1 heterocycles. The molecule has 0 radical (unpaired) electrons. The summed E-state index contributed by atoms with van der Waals surface area (Å²) in [5.74, 6) is 1.35. The van der Waals surface area contributed by atoms with Crippen LogP contribution in [0.1, 0.15) is 36.4 Å². The Bertz CT molecular complexity index is 845. The standard InChI is InChI=1S/C21H24ClF3N2O2/c1-28-19-9-6-13(10-20(19)29-2)18-5-3-4-15(27-18)12-26-14-7-8-17(22)16(11-14)21(23,24)25/h6-11,15,18,26-27H,3-5,12H2,1-2H3/t15?,18-/m1/s1. The number of methoxy groups -OCH3 is 2. The van der Waals surface area contributed by atoms with Gasteiger partial charge in [0.15, 0.2) is 11.5 Å². The molecule has 2 aromatic rings. The van der Waals surface area contributed by atoms with Crippen molar-refractivity contribution in [2.75, 3.05) is 26.1 Å². The lowest BCUT2D eigenvalue weighted by Crippen LogP contribution is -2.41. The summed E-state index contributed by atoms with van der Waals surface area (Å²) in [4.78, 5) is 0. The highest BCUT2D eigenvalue weighted by Gasteiger charge is 2.33. The minimum atomic E-state index is -4.48. The quantitative estimate of drug-likeness (QED) is 0.622. The van der Waals surface area contributed by atoms with Gasteiger partial charge in [-0.2, -0.15) is 13.2 Å². The van der Waals surface area contributed by atoms with Crippen LogP contribution in [-0.4, -0.2) is 26.8 Å². The largest absolute Gasteiger partial charge is 0.493 e. The van der Waals surface area contributed by atoms with Gasteiger partial charge >= 0.3 is 6.18 Å². The van der Waals surface area contributed by atoms with Crippen LogP contribution in [0, 0.1) is 0 Å². The third kappa shape index (κ3) is 5.28. The van der Waals surface area contributed by atoms with Gasteiger partial charge < -0.3 is 20.1 Å². The van der Waals surface area contributed by atoms with Gasteiger partial charge in [0, 0.05) is 24.3 Å². The Morgan fingerprint density at radius 3 is 2.52 bits per heavy atom. The molecule has 158 valence electrons. The van der Waals surface area contributed by atoms with Gasteiger partial charge in [0.25, 0.3) is 0 Å². The summed E-state index contributed by atoms with van der Waals surface area (Å²) in [5.41, 5.74) is 0.666. The molecule has 0 aliphatic carbocycles.